The largest absolute Gasteiger partial charge is 0.481 e. The lowest BCUT2D eigenvalue weighted by Crippen LogP contribution is -2.03. The number of aliphatic carboxylic acids is 1. The first-order valence-corrected chi connectivity index (χ1v) is 5.83. The minimum absolute atomic E-state index is 0.116. The number of hydrogen-bond acceptors (Lipinski definition) is 1. The van der Waals surface area contributed by atoms with Gasteiger partial charge in [-0.3, -0.25) is 4.79 Å². The van der Waals surface area contributed by atoms with Crippen molar-refractivity contribution in [2.75, 3.05) is 0 Å². The first-order chi connectivity index (χ1) is 7.37. The van der Waals surface area contributed by atoms with Crippen molar-refractivity contribution < 1.29 is 14.3 Å². The van der Waals surface area contributed by atoms with Gasteiger partial charge in [0.05, 0.1) is 10.4 Å². The minimum atomic E-state index is -0.814. The Hall–Kier alpha value is -0.900. The summed E-state index contributed by atoms with van der Waals surface area (Å²) in [6.45, 7) is 3.79. The Bertz CT molecular complexity index is 456. The summed E-state index contributed by atoms with van der Waals surface area (Å²) in [7, 11) is 0. The lowest BCUT2D eigenvalue weighted by molar-refractivity contribution is -0.139. The monoisotopic (exact) mass is 286 g/mol. The van der Waals surface area contributed by atoms with Crippen LogP contribution < -0.4 is 0 Å². The molecular weight excluding hydrogens is 275 g/mol. The van der Waals surface area contributed by atoms with Gasteiger partial charge in [0.2, 0.25) is 0 Å². The Balaban J connectivity index is 2.41. The van der Waals surface area contributed by atoms with E-state index in [1.807, 2.05) is 13.8 Å². The molecule has 16 heavy (non-hydrogen) atoms. The standard InChI is InChI=1S/C12H12BrFO2/c1-12(2)8(9(12)11(15)16)6-4-3-5-7(14)10(6)13/h3-5,8-9H,1-2H3,(H,15,16)/t8-,9+/m1/s1. The quantitative estimate of drug-likeness (QED) is 0.905. The average molecular weight is 287 g/mol. The van der Waals surface area contributed by atoms with Crippen LogP contribution in [0.2, 0.25) is 0 Å². The van der Waals surface area contributed by atoms with Crippen LogP contribution in [-0.2, 0) is 4.79 Å². The number of rotatable bonds is 2. The highest BCUT2D eigenvalue weighted by molar-refractivity contribution is 9.10. The van der Waals surface area contributed by atoms with Crippen LogP contribution in [0, 0.1) is 17.2 Å². The zero-order valence-electron chi connectivity index (χ0n) is 9.00. The normalized spacial score (nSPS) is 26.5. The van der Waals surface area contributed by atoms with Crippen molar-refractivity contribution in [3.63, 3.8) is 0 Å². The molecule has 4 heteroatoms. The summed E-state index contributed by atoms with van der Waals surface area (Å²) in [6.07, 6.45) is 0. The van der Waals surface area contributed by atoms with Gasteiger partial charge in [-0.15, -0.1) is 0 Å². The van der Waals surface area contributed by atoms with Gasteiger partial charge in [0, 0.05) is 5.92 Å². The van der Waals surface area contributed by atoms with Crippen molar-refractivity contribution in [1.82, 2.24) is 0 Å². The highest BCUT2D eigenvalue weighted by Gasteiger charge is 2.63. The fraction of sp³-hybridized carbons (Fsp3) is 0.417. The molecular formula is C12H12BrFO2. The maximum Gasteiger partial charge on any atom is 0.307 e. The summed E-state index contributed by atoms with van der Waals surface area (Å²) in [5.74, 6) is -1.70. The van der Waals surface area contributed by atoms with E-state index in [1.54, 1.807) is 12.1 Å². The Morgan fingerprint density at radius 3 is 2.62 bits per heavy atom. The number of hydrogen-bond donors (Lipinski definition) is 1. The first kappa shape index (κ1) is 11.6. The highest BCUT2D eigenvalue weighted by atomic mass is 79.9. The Morgan fingerprint density at radius 2 is 2.12 bits per heavy atom. The Morgan fingerprint density at radius 1 is 1.50 bits per heavy atom. The van der Waals surface area contributed by atoms with Crippen LogP contribution in [0.5, 0.6) is 0 Å². The summed E-state index contributed by atoms with van der Waals surface area (Å²) in [5, 5.41) is 9.07. The third-order valence-electron chi connectivity index (χ3n) is 3.41. The van der Waals surface area contributed by atoms with E-state index in [-0.39, 0.29) is 17.2 Å². The molecule has 2 nitrogen and oxygen atoms in total. The van der Waals surface area contributed by atoms with Crippen LogP contribution in [0.1, 0.15) is 25.3 Å². The molecule has 1 fully saturated rings. The van der Waals surface area contributed by atoms with Crippen LogP contribution in [-0.4, -0.2) is 11.1 Å². The zero-order valence-corrected chi connectivity index (χ0v) is 10.6. The van der Waals surface area contributed by atoms with Crippen molar-refractivity contribution in [1.29, 1.82) is 0 Å². The summed E-state index contributed by atoms with van der Waals surface area (Å²) in [5.41, 5.74) is 0.444. The van der Waals surface area contributed by atoms with Crippen molar-refractivity contribution in [3.8, 4) is 0 Å². The maximum atomic E-state index is 13.4. The Labute approximate surface area is 102 Å². The van der Waals surface area contributed by atoms with E-state index in [0.29, 0.717) is 4.47 Å². The van der Waals surface area contributed by atoms with Gasteiger partial charge in [-0.2, -0.15) is 0 Å². The number of carboxylic acids is 1. The van der Waals surface area contributed by atoms with Crippen molar-refractivity contribution in [2.45, 2.75) is 19.8 Å². The van der Waals surface area contributed by atoms with Gasteiger partial charge in [-0.05, 0) is 33.0 Å². The van der Waals surface area contributed by atoms with Crippen molar-refractivity contribution in [3.05, 3.63) is 34.1 Å². The van der Waals surface area contributed by atoms with Gasteiger partial charge in [0.25, 0.3) is 0 Å². The van der Waals surface area contributed by atoms with Gasteiger partial charge in [0.1, 0.15) is 5.82 Å². The van der Waals surface area contributed by atoms with Gasteiger partial charge in [-0.25, -0.2) is 4.39 Å². The first-order valence-electron chi connectivity index (χ1n) is 5.04. The van der Waals surface area contributed by atoms with Crippen LogP contribution in [0.15, 0.2) is 22.7 Å². The van der Waals surface area contributed by atoms with Crippen LogP contribution in [0.25, 0.3) is 0 Å². The predicted molar refractivity (Wildman–Crippen MR) is 61.7 cm³/mol. The fourth-order valence-corrected chi connectivity index (χ4v) is 2.95. The molecule has 0 saturated heterocycles. The van der Waals surface area contributed by atoms with E-state index in [9.17, 15) is 9.18 Å². The van der Waals surface area contributed by atoms with E-state index in [1.165, 1.54) is 6.07 Å². The van der Waals surface area contributed by atoms with Crippen LogP contribution in [0.4, 0.5) is 4.39 Å². The number of benzene rings is 1. The van der Waals surface area contributed by atoms with Gasteiger partial charge in [0.15, 0.2) is 0 Å². The summed E-state index contributed by atoms with van der Waals surface area (Å²) < 4.78 is 13.7. The summed E-state index contributed by atoms with van der Waals surface area (Å²) in [4.78, 5) is 11.0. The number of halogens is 2. The second-order valence-corrected chi connectivity index (χ2v) is 5.55. The fourth-order valence-electron chi connectivity index (χ4n) is 2.44. The Kier molecular flexibility index (Phi) is 2.57. The molecule has 0 aliphatic heterocycles. The molecule has 86 valence electrons. The molecule has 0 radical (unpaired) electrons. The zero-order chi connectivity index (χ0) is 12.1. The van der Waals surface area contributed by atoms with Crippen molar-refractivity contribution >= 4 is 21.9 Å². The summed E-state index contributed by atoms with van der Waals surface area (Å²) >= 11 is 3.18. The second-order valence-electron chi connectivity index (χ2n) is 4.76. The topological polar surface area (TPSA) is 37.3 Å². The smallest absolute Gasteiger partial charge is 0.307 e. The minimum Gasteiger partial charge on any atom is -0.481 e. The second kappa shape index (κ2) is 3.55. The molecule has 1 N–H and O–H groups in total. The van der Waals surface area contributed by atoms with E-state index in [4.69, 9.17) is 5.11 Å². The molecule has 1 aliphatic carbocycles. The van der Waals surface area contributed by atoms with E-state index in [2.05, 4.69) is 15.9 Å². The lowest BCUT2D eigenvalue weighted by atomic mass is 10.0. The third kappa shape index (κ3) is 1.56. The molecule has 1 aromatic rings. The molecule has 0 heterocycles. The molecule has 0 spiro atoms. The molecule has 1 saturated carbocycles. The van der Waals surface area contributed by atoms with E-state index < -0.39 is 11.9 Å². The van der Waals surface area contributed by atoms with Crippen LogP contribution >= 0.6 is 15.9 Å². The van der Waals surface area contributed by atoms with Gasteiger partial charge < -0.3 is 5.11 Å². The number of carbonyl (C=O) groups is 1. The van der Waals surface area contributed by atoms with Gasteiger partial charge >= 0.3 is 5.97 Å². The molecule has 1 aromatic carbocycles. The third-order valence-corrected chi connectivity index (χ3v) is 4.25. The highest BCUT2D eigenvalue weighted by Crippen LogP contribution is 2.65. The van der Waals surface area contributed by atoms with E-state index in [0.717, 1.165) is 5.56 Å². The lowest BCUT2D eigenvalue weighted by Gasteiger charge is -2.06. The number of carboxylic acid groups (broad SMARTS) is 1. The van der Waals surface area contributed by atoms with Crippen molar-refractivity contribution in [2.24, 2.45) is 11.3 Å². The molecule has 0 aromatic heterocycles. The molecule has 0 amide bonds. The van der Waals surface area contributed by atoms with E-state index >= 15 is 0 Å². The molecule has 2 rings (SSSR count). The maximum absolute atomic E-state index is 13.4. The molecule has 0 bridgehead atoms. The van der Waals surface area contributed by atoms with Gasteiger partial charge in [-0.1, -0.05) is 26.0 Å². The predicted octanol–water partition coefficient (Wildman–Crippen LogP) is 3.41. The summed E-state index contributed by atoms with van der Waals surface area (Å²) in [6, 6.07) is 4.75. The molecule has 0 unspecified atom stereocenters. The SMILES string of the molecule is CC1(C)[C@H](C(=O)O)[C@H]1c1cccc(F)c1Br. The molecule has 2 atom stereocenters. The van der Waals surface area contributed by atoms with Crippen LogP contribution in [0.3, 0.4) is 0 Å². The average Bonchev–Trinajstić information content (AvgIpc) is 2.74. The molecule has 1 aliphatic rings.